The Bertz CT molecular complexity index is 932. The maximum Gasteiger partial charge on any atom is 0.244 e. The number of sulfonamides is 1. The Labute approximate surface area is 175 Å². The summed E-state index contributed by atoms with van der Waals surface area (Å²) in [5, 5.41) is 2.99. The highest BCUT2D eigenvalue weighted by Gasteiger charge is 2.32. The molecule has 0 aliphatic carbocycles. The van der Waals surface area contributed by atoms with Crippen molar-refractivity contribution in [1.82, 2.24) is 5.32 Å². The number of aryl methyl sites for hydroxylation is 3. The van der Waals surface area contributed by atoms with Gasteiger partial charge in [0.2, 0.25) is 15.9 Å². The van der Waals surface area contributed by atoms with Crippen LogP contribution in [0.3, 0.4) is 0 Å². The minimum absolute atomic E-state index is 0.219. The van der Waals surface area contributed by atoms with Crippen molar-refractivity contribution in [1.29, 1.82) is 0 Å². The molecular weight excluding hydrogens is 384 g/mol. The van der Waals surface area contributed by atoms with Gasteiger partial charge in [-0.3, -0.25) is 9.10 Å². The molecule has 1 amide bonds. The monoisotopic (exact) mass is 416 g/mol. The highest BCUT2D eigenvalue weighted by molar-refractivity contribution is 7.92. The molecule has 2 rings (SSSR count). The second kappa shape index (κ2) is 9.44. The van der Waals surface area contributed by atoms with Crippen LogP contribution in [-0.2, 0) is 21.2 Å². The van der Waals surface area contributed by atoms with E-state index in [4.69, 9.17) is 0 Å². The molecule has 5 nitrogen and oxygen atoms in total. The molecule has 0 fully saturated rings. The van der Waals surface area contributed by atoms with Gasteiger partial charge in [0.15, 0.2) is 0 Å². The van der Waals surface area contributed by atoms with E-state index in [2.05, 4.69) is 12.2 Å². The molecule has 2 atom stereocenters. The lowest BCUT2D eigenvalue weighted by Crippen LogP contribution is -2.49. The molecule has 0 bridgehead atoms. The highest BCUT2D eigenvalue weighted by atomic mass is 32.2. The quantitative estimate of drug-likeness (QED) is 0.698. The zero-order valence-corrected chi connectivity index (χ0v) is 19.0. The Morgan fingerprint density at radius 1 is 1.03 bits per heavy atom. The summed E-state index contributed by atoms with van der Waals surface area (Å²) in [6.45, 7) is 9.66. The van der Waals surface area contributed by atoms with Gasteiger partial charge < -0.3 is 5.32 Å². The molecule has 1 N–H and O–H groups in total. The molecule has 0 spiro atoms. The van der Waals surface area contributed by atoms with Crippen LogP contribution in [-0.4, -0.2) is 26.6 Å². The van der Waals surface area contributed by atoms with Crippen LogP contribution in [0.25, 0.3) is 0 Å². The molecule has 6 heteroatoms. The summed E-state index contributed by atoms with van der Waals surface area (Å²) in [7, 11) is -3.64. The van der Waals surface area contributed by atoms with Crippen molar-refractivity contribution in [3.63, 3.8) is 0 Å². The average Bonchev–Trinajstić information content (AvgIpc) is 2.63. The van der Waals surface area contributed by atoms with Crippen LogP contribution in [0.15, 0.2) is 42.5 Å². The molecule has 29 heavy (non-hydrogen) atoms. The number of hydrogen-bond donors (Lipinski definition) is 1. The third kappa shape index (κ3) is 5.82. The summed E-state index contributed by atoms with van der Waals surface area (Å²) in [6, 6.07) is 12.7. The smallest absolute Gasteiger partial charge is 0.244 e. The minimum Gasteiger partial charge on any atom is -0.348 e. The summed E-state index contributed by atoms with van der Waals surface area (Å²) in [4.78, 5) is 13.1. The van der Waals surface area contributed by atoms with Crippen molar-refractivity contribution in [3.05, 3.63) is 64.7 Å². The topological polar surface area (TPSA) is 66.5 Å². The predicted molar refractivity (Wildman–Crippen MR) is 120 cm³/mol. The molecule has 0 aromatic heterocycles. The zero-order chi connectivity index (χ0) is 21.8. The van der Waals surface area contributed by atoms with Gasteiger partial charge in [0, 0.05) is 0 Å². The molecule has 158 valence electrons. The maximum atomic E-state index is 13.1. The van der Waals surface area contributed by atoms with Crippen LogP contribution in [0.4, 0.5) is 5.69 Å². The Morgan fingerprint density at radius 2 is 1.59 bits per heavy atom. The lowest BCUT2D eigenvalue weighted by molar-refractivity contribution is -0.122. The van der Waals surface area contributed by atoms with E-state index in [0.29, 0.717) is 12.1 Å². The summed E-state index contributed by atoms with van der Waals surface area (Å²) < 4.78 is 26.5. The number of carbonyl (C=O) groups excluding carboxylic acids is 1. The number of nitrogens with zero attached hydrogens (tertiary/aromatic N) is 1. The van der Waals surface area contributed by atoms with Crippen LogP contribution >= 0.6 is 0 Å². The summed E-state index contributed by atoms with van der Waals surface area (Å²) in [6.07, 6.45) is 2.47. The van der Waals surface area contributed by atoms with E-state index in [1.807, 2.05) is 58.0 Å². The highest BCUT2D eigenvalue weighted by Crippen LogP contribution is 2.26. The lowest BCUT2D eigenvalue weighted by atomic mass is 10.0. The SMILES string of the molecule is CCc1ccc([C@@H](C)NC(=O)[C@@H](CC)N(c2cc(C)cc(C)c2)S(C)(=O)=O)cc1. The summed E-state index contributed by atoms with van der Waals surface area (Å²) in [5.74, 6) is -0.302. The van der Waals surface area contributed by atoms with Crippen LogP contribution < -0.4 is 9.62 Å². The summed E-state index contributed by atoms with van der Waals surface area (Å²) >= 11 is 0. The van der Waals surface area contributed by atoms with Gasteiger partial charge in [-0.2, -0.15) is 0 Å². The van der Waals surface area contributed by atoms with Crippen LogP contribution in [0.5, 0.6) is 0 Å². The van der Waals surface area contributed by atoms with Gasteiger partial charge in [-0.25, -0.2) is 8.42 Å². The molecule has 0 heterocycles. The molecule has 0 unspecified atom stereocenters. The van der Waals surface area contributed by atoms with Gasteiger partial charge >= 0.3 is 0 Å². The fraction of sp³-hybridized carbons (Fsp3) is 0.435. The Morgan fingerprint density at radius 3 is 2.03 bits per heavy atom. The molecule has 0 saturated carbocycles. The lowest BCUT2D eigenvalue weighted by Gasteiger charge is -2.31. The molecular formula is C23H32N2O3S. The van der Waals surface area contributed by atoms with Gasteiger partial charge in [-0.1, -0.05) is 44.2 Å². The minimum atomic E-state index is -3.64. The first-order valence-corrected chi connectivity index (χ1v) is 11.9. The van der Waals surface area contributed by atoms with E-state index in [-0.39, 0.29) is 11.9 Å². The van der Waals surface area contributed by atoms with Gasteiger partial charge in [-0.05, 0) is 68.0 Å². The second-order valence-corrected chi connectivity index (χ2v) is 9.51. The van der Waals surface area contributed by atoms with Gasteiger partial charge in [-0.15, -0.1) is 0 Å². The number of amides is 1. The van der Waals surface area contributed by atoms with Crippen molar-refractivity contribution in [2.75, 3.05) is 10.6 Å². The molecule has 0 saturated heterocycles. The average molecular weight is 417 g/mol. The molecule has 0 radical (unpaired) electrons. The van der Waals surface area contributed by atoms with E-state index in [1.54, 1.807) is 12.1 Å². The third-order valence-corrected chi connectivity index (χ3v) is 6.22. The maximum absolute atomic E-state index is 13.1. The van der Waals surface area contributed by atoms with Gasteiger partial charge in [0.1, 0.15) is 6.04 Å². The van der Waals surface area contributed by atoms with E-state index >= 15 is 0 Å². The molecule has 2 aromatic rings. The number of benzene rings is 2. The first-order valence-electron chi connectivity index (χ1n) is 10.0. The van der Waals surface area contributed by atoms with Crippen LogP contribution in [0, 0.1) is 13.8 Å². The zero-order valence-electron chi connectivity index (χ0n) is 18.2. The number of anilines is 1. The number of rotatable bonds is 8. The Hall–Kier alpha value is -2.34. The standard InChI is InChI=1S/C23H32N2O3S/c1-7-19-9-11-20(12-10-19)18(5)24-23(26)22(8-2)25(29(6,27)28)21-14-16(3)13-17(4)15-21/h9-15,18,22H,7-8H2,1-6H3,(H,24,26)/t18-,22-/m1/s1. The summed E-state index contributed by atoms with van der Waals surface area (Å²) in [5.41, 5.74) is 4.65. The molecule has 2 aromatic carbocycles. The third-order valence-electron chi connectivity index (χ3n) is 5.04. The fourth-order valence-electron chi connectivity index (χ4n) is 3.57. The second-order valence-electron chi connectivity index (χ2n) is 7.65. The number of hydrogen-bond acceptors (Lipinski definition) is 3. The Balaban J connectivity index is 2.32. The normalized spacial score (nSPS) is 13.6. The first-order chi connectivity index (χ1) is 13.6. The van der Waals surface area contributed by atoms with Crippen molar-refractivity contribution >= 4 is 21.6 Å². The fourth-order valence-corrected chi connectivity index (χ4v) is 4.77. The number of nitrogens with one attached hydrogen (secondary N) is 1. The van der Waals surface area contributed by atoms with E-state index in [0.717, 1.165) is 29.4 Å². The van der Waals surface area contributed by atoms with E-state index < -0.39 is 16.1 Å². The van der Waals surface area contributed by atoms with Crippen LogP contribution in [0.2, 0.25) is 0 Å². The van der Waals surface area contributed by atoms with Gasteiger partial charge in [0.25, 0.3) is 0 Å². The largest absolute Gasteiger partial charge is 0.348 e. The Kier molecular flexibility index (Phi) is 7.47. The van der Waals surface area contributed by atoms with Crippen molar-refractivity contribution in [2.24, 2.45) is 0 Å². The van der Waals surface area contributed by atoms with Gasteiger partial charge in [0.05, 0.1) is 18.0 Å². The van der Waals surface area contributed by atoms with Crippen molar-refractivity contribution in [2.45, 2.75) is 59.5 Å². The predicted octanol–water partition coefficient (Wildman–Crippen LogP) is 4.29. The van der Waals surface area contributed by atoms with Crippen molar-refractivity contribution < 1.29 is 13.2 Å². The molecule has 0 aliphatic heterocycles. The van der Waals surface area contributed by atoms with E-state index in [9.17, 15) is 13.2 Å². The van der Waals surface area contributed by atoms with Crippen LogP contribution in [0.1, 0.15) is 55.5 Å². The van der Waals surface area contributed by atoms with Crippen molar-refractivity contribution in [3.8, 4) is 0 Å². The first kappa shape index (κ1) is 22.9. The van der Waals surface area contributed by atoms with E-state index in [1.165, 1.54) is 9.87 Å². The molecule has 0 aliphatic rings. The number of carbonyl (C=O) groups is 1.